The molecule has 4 nitrogen and oxygen atoms in total. The number of methoxy groups -OCH3 is 1. The zero-order valence-corrected chi connectivity index (χ0v) is 9.16. The fraction of sp³-hybridized carbons (Fsp3) is 0.700. The van der Waals surface area contributed by atoms with Crippen LogP contribution in [0.2, 0.25) is 0 Å². The average molecular weight is 197 g/mol. The van der Waals surface area contributed by atoms with Crippen molar-refractivity contribution in [3.63, 3.8) is 0 Å². The second-order valence-electron chi connectivity index (χ2n) is 3.44. The van der Waals surface area contributed by atoms with Gasteiger partial charge in [-0.2, -0.15) is 5.10 Å². The molecular formula is C10H19N3O. The van der Waals surface area contributed by atoms with E-state index in [-0.39, 0.29) is 0 Å². The Kier molecular flexibility index (Phi) is 4.62. The van der Waals surface area contributed by atoms with Crippen LogP contribution < -0.4 is 5.32 Å². The van der Waals surface area contributed by atoms with Crippen molar-refractivity contribution in [2.75, 3.05) is 13.7 Å². The third kappa shape index (κ3) is 3.47. The monoisotopic (exact) mass is 197 g/mol. The lowest BCUT2D eigenvalue weighted by Crippen LogP contribution is -2.29. The minimum Gasteiger partial charge on any atom is -0.383 e. The molecule has 0 aliphatic heterocycles. The zero-order valence-electron chi connectivity index (χ0n) is 9.16. The smallest absolute Gasteiger partial charge is 0.0613 e. The molecule has 1 aromatic rings. The Hall–Kier alpha value is -0.870. The summed E-state index contributed by atoms with van der Waals surface area (Å²) in [6.07, 6.45) is 3.96. The average Bonchev–Trinajstić information content (AvgIpc) is 2.63. The van der Waals surface area contributed by atoms with Gasteiger partial charge in [0.15, 0.2) is 0 Å². The first-order valence-electron chi connectivity index (χ1n) is 5.00. The van der Waals surface area contributed by atoms with Gasteiger partial charge in [-0.3, -0.25) is 4.68 Å². The van der Waals surface area contributed by atoms with E-state index in [9.17, 15) is 0 Å². The third-order valence-electron chi connectivity index (χ3n) is 2.08. The number of nitrogens with zero attached hydrogens (tertiary/aromatic N) is 2. The summed E-state index contributed by atoms with van der Waals surface area (Å²) >= 11 is 0. The van der Waals surface area contributed by atoms with Crippen molar-refractivity contribution >= 4 is 0 Å². The van der Waals surface area contributed by atoms with Gasteiger partial charge in [0.1, 0.15) is 0 Å². The Morgan fingerprint density at radius 2 is 2.43 bits per heavy atom. The predicted molar refractivity (Wildman–Crippen MR) is 56.1 cm³/mol. The molecular weight excluding hydrogens is 178 g/mol. The number of ether oxygens (including phenoxy) is 1. The quantitative estimate of drug-likeness (QED) is 0.740. The van der Waals surface area contributed by atoms with E-state index in [1.807, 2.05) is 10.9 Å². The van der Waals surface area contributed by atoms with Crippen molar-refractivity contribution in [1.82, 2.24) is 15.1 Å². The summed E-state index contributed by atoms with van der Waals surface area (Å²) in [5, 5.41) is 7.56. The summed E-state index contributed by atoms with van der Waals surface area (Å²) in [6.45, 7) is 6.70. The highest BCUT2D eigenvalue weighted by molar-refractivity contribution is 5.03. The van der Waals surface area contributed by atoms with Gasteiger partial charge in [-0.1, -0.05) is 0 Å². The summed E-state index contributed by atoms with van der Waals surface area (Å²) in [5.74, 6) is 0. The molecule has 1 unspecified atom stereocenters. The molecule has 1 rings (SSSR count). The highest BCUT2D eigenvalue weighted by Crippen LogP contribution is 1.97. The Bertz CT molecular complexity index is 260. The van der Waals surface area contributed by atoms with Crippen LogP contribution in [0.25, 0.3) is 0 Å². The van der Waals surface area contributed by atoms with E-state index in [0.717, 1.165) is 19.7 Å². The van der Waals surface area contributed by atoms with E-state index in [2.05, 4.69) is 30.5 Å². The summed E-state index contributed by atoms with van der Waals surface area (Å²) in [4.78, 5) is 0. The van der Waals surface area contributed by atoms with Crippen LogP contribution in [-0.4, -0.2) is 29.5 Å². The van der Waals surface area contributed by atoms with Crippen LogP contribution in [0.3, 0.4) is 0 Å². The fourth-order valence-electron chi connectivity index (χ4n) is 1.27. The van der Waals surface area contributed by atoms with Crippen molar-refractivity contribution < 1.29 is 4.74 Å². The van der Waals surface area contributed by atoms with Gasteiger partial charge >= 0.3 is 0 Å². The molecule has 0 spiro atoms. The van der Waals surface area contributed by atoms with Crippen molar-refractivity contribution in [3.8, 4) is 0 Å². The van der Waals surface area contributed by atoms with Crippen LogP contribution in [0.1, 0.15) is 19.4 Å². The van der Waals surface area contributed by atoms with E-state index in [1.54, 1.807) is 7.11 Å². The maximum absolute atomic E-state index is 5.04. The topological polar surface area (TPSA) is 39.1 Å². The largest absolute Gasteiger partial charge is 0.383 e. The van der Waals surface area contributed by atoms with Crippen LogP contribution in [0.4, 0.5) is 0 Å². The molecule has 1 heterocycles. The molecule has 0 saturated heterocycles. The molecule has 14 heavy (non-hydrogen) atoms. The first-order chi connectivity index (χ1) is 6.76. The number of hydrogen-bond donors (Lipinski definition) is 1. The molecule has 0 aromatic carbocycles. The van der Waals surface area contributed by atoms with Crippen molar-refractivity contribution in [3.05, 3.63) is 18.0 Å². The van der Waals surface area contributed by atoms with E-state index in [1.165, 1.54) is 5.56 Å². The van der Waals surface area contributed by atoms with Crippen LogP contribution in [0.5, 0.6) is 0 Å². The molecule has 0 aliphatic rings. The summed E-state index contributed by atoms with van der Waals surface area (Å²) in [7, 11) is 1.72. The van der Waals surface area contributed by atoms with E-state index >= 15 is 0 Å². The summed E-state index contributed by atoms with van der Waals surface area (Å²) in [6, 6.07) is 0.380. The van der Waals surface area contributed by atoms with Gasteiger partial charge in [-0.05, 0) is 13.8 Å². The molecule has 1 aromatic heterocycles. The maximum atomic E-state index is 5.04. The second-order valence-corrected chi connectivity index (χ2v) is 3.44. The Morgan fingerprint density at radius 1 is 1.64 bits per heavy atom. The first-order valence-corrected chi connectivity index (χ1v) is 5.00. The van der Waals surface area contributed by atoms with Gasteiger partial charge in [0.05, 0.1) is 12.8 Å². The molecule has 4 heteroatoms. The van der Waals surface area contributed by atoms with E-state index < -0.39 is 0 Å². The molecule has 0 radical (unpaired) electrons. The maximum Gasteiger partial charge on any atom is 0.0613 e. The van der Waals surface area contributed by atoms with Crippen LogP contribution >= 0.6 is 0 Å². The highest BCUT2D eigenvalue weighted by Gasteiger charge is 2.01. The van der Waals surface area contributed by atoms with Crippen molar-refractivity contribution in [1.29, 1.82) is 0 Å². The number of rotatable bonds is 6. The molecule has 1 atom stereocenters. The number of nitrogens with one attached hydrogen (secondary N) is 1. The van der Waals surface area contributed by atoms with Crippen molar-refractivity contribution in [2.24, 2.45) is 0 Å². The SMILES string of the molecule is CCn1cc(CNC(C)COC)cn1. The molecule has 0 aliphatic carbocycles. The van der Waals surface area contributed by atoms with Gasteiger partial charge in [0.25, 0.3) is 0 Å². The Morgan fingerprint density at radius 3 is 3.00 bits per heavy atom. The van der Waals surface area contributed by atoms with Gasteiger partial charge in [0, 0.05) is 38.0 Å². The minimum atomic E-state index is 0.380. The lowest BCUT2D eigenvalue weighted by atomic mass is 10.3. The summed E-state index contributed by atoms with van der Waals surface area (Å²) < 4.78 is 6.96. The summed E-state index contributed by atoms with van der Waals surface area (Å²) in [5.41, 5.74) is 1.22. The van der Waals surface area contributed by atoms with Crippen LogP contribution in [0, 0.1) is 0 Å². The van der Waals surface area contributed by atoms with Crippen molar-refractivity contribution in [2.45, 2.75) is 33.0 Å². The standard InChI is InChI=1S/C10H19N3O/c1-4-13-7-10(6-12-13)5-11-9(2)8-14-3/h6-7,9,11H,4-5,8H2,1-3H3. The number of aromatic nitrogens is 2. The zero-order chi connectivity index (χ0) is 10.4. The molecule has 0 amide bonds. The van der Waals surface area contributed by atoms with E-state index in [4.69, 9.17) is 4.74 Å². The normalized spacial score (nSPS) is 13.1. The van der Waals surface area contributed by atoms with Gasteiger partial charge in [0.2, 0.25) is 0 Å². The molecule has 0 bridgehead atoms. The second kappa shape index (κ2) is 5.78. The van der Waals surface area contributed by atoms with Crippen LogP contribution in [-0.2, 0) is 17.8 Å². The minimum absolute atomic E-state index is 0.380. The lowest BCUT2D eigenvalue weighted by molar-refractivity contribution is 0.171. The van der Waals surface area contributed by atoms with Crippen LogP contribution in [0.15, 0.2) is 12.4 Å². The first kappa shape index (κ1) is 11.2. The third-order valence-corrected chi connectivity index (χ3v) is 2.08. The number of aryl methyl sites for hydroxylation is 1. The lowest BCUT2D eigenvalue weighted by Gasteiger charge is -2.11. The number of hydrogen-bond acceptors (Lipinski definition) is 3. The highest BCUT2D eigenvalue weighted by atomic mass is 16.5. The van der Waals surface area contributed by atoms with Gasteiger partial charge < -0.3 is 10.1 Å². The predicted octanol–water partition coefficient (Wildman–Crippen LogP) is 1.03. The fourth-order valence-corrected chi connectivity index (χ4v) is 1.27. The van der Waals surface area contributed by atoms with E-state index in [0.29, 0.717) is 6.04 Å². The Labute approximate surface area is 85.3 Å². The molecule has 0 fully saturated rings. The van der Waals surface area contributed by atoms with Gasteiger partial charge in [-0.25, -0.2) is 0 Å². The van der Waals surface area contributed by atoms with Gasteiger partial charge in [-0.15, -0.1) is 0 Å². The molecule has 80 valence electrons. The molecule has 0 saturated carbocycles. The Balaban J connectivity index is 2.30. The molecule has 1 N–H and O–H groups in total.